The van der Waals surface area contributed by atoms with Crippen molar-refractivity contribution in [1.82, 2.24) is 15.2 Å². The highest BCUT2D eigenvalue weighted by molar-refractivity contribution is 5.20. The maximum atomic E-state index is 5.51. The van der Waals surface area contributed by atoms with Crippen molar-refractivity contribution in [1.29, 1.82) is 0 Å². The summed E-state index contributed by atoms with van der Waals surface area (Å²) in [4.78, 5) is 6.34. The second-order valence-corrected chi connectivity index (χ2v) is 4.09. The number of nitrogens with zero attached hydrogens (tertiary/aromatic N) is 2. The smallest absolute Gasteiger partial charge is 0.213 e. The molecule has 16 heavy (non-hydrogen) atoms. The highest BCUT2D eigenvalue weighted by Crippen LogP contribution is 2.13. The van der Waals surface area contributed by atoms with Gasteiger partial charge < -0.3 is 15.0 Å². The third kappa shape index (κ3) is 4.16. The van der Waals surface area contributed by atoms with E-state index in [0.29, 0.717) is 18.5 Å². The lowest BCUT2D eigenvalue weighted by Gasteiger charge is -2.12. The summed E-state index contributed by atoms with van der Waals surface area (Å²) in [5.74, 6) is 0.689. The van der Waals surface area contributed by atoms with E-state index in [1.807, 2.05) is 39.5 Å². The lowest BCUT2D eigenvalue weighted by molar-refractivity contribution is 0.253. The molecule has 0 spiro atoms. The number of pyridine rings is 1. The second-order valence-electron chi connectivity index (χ2n) is 4.09. The molecule has 1 aromatic heterocycles. The molecule has 0 aliphatic rings. The predicted octanol–water partition coefficient (Wildman–Crippen LogP) is 1.30. The van der Waals surface area contributed by atoms with Crippen LogP contribution in [-0.4, -0.2) is 44.2 Å². The van der Waals surface area contributed by atoms with Gasteiger partial charge in [0.2, 0.25) is 5.88 Å². The zero-order valence-corrected chi connectivity index (χ0v) is 10.5. The average molecular weight is 223 g/mol. The van der Waals surface area contributed by atoms with Crippen LogP contribution in [0.5, 0.6) is 5.88 Å². The molecule has 1 rings (SSSR count). The molecule has 0 fully saturated rings. The molecule has 90 valence electrons. The third-order valence-corrected chi connectivity index (χ3v) is 2.48. The first-order valence-corrected chi connectivity index (χ1v) is 5.54. The van der Waals surface area contributed by atoms with Crippen molar-refractivity contribution in [3.8, 4) is 5.88 Å². The Hall–Kier alpha value is -1.13. The van der Waals surface area contributed by atoms with E-state index in [0.717, 1.165) is 6.54 Å². The minimum absolute atomic E-state index is 0.323. The van der Waals surface area contributed by atoms with Crippen molar-refractivity contribution in [3.05, 3.63) is 23.9 Å². The lowest BCUT2D eigenvalue weighted by Crippen LogP contribution is -2.19. The first kappa shape index (κ1) is 12.9. The first-order valence-electron chi connectivity index (χ1n) is 5.54. The Kier molecular flexibility index (Phi) is 5.22. The molecule has 0 aliphatic heterocycles. The Morgan fingerprint density at radius 2 is 2.19 bits per heavy atom. The number of rotatable bonds is 6. The van der Waals surface area contributed by atoms with Crippen molar-refractivity contribution in [3.63, 3.8) is 0 Å². The SMILES string of the molecule is CNC(C)c1ccc(OCCN(C)C)nc1. The van der Waals surface area contributed by atoms with Crippen molar-refractivity contribution in [2.45, 2.75) is 13.0 Å². The number of hydrogen-bond donors (Lipinski definition) is 1. The summed E-state index contributed by atoms with van der Waals surface area (Å²) in [6.45, 7) is 3.67. The molecule has 0 amide bonds. The minimum atomic E-state index is 0.323. The van der Waals surface area contributed by atoms with Crippen LogP contribution in [0.15, 0.2) is 18.3 Å². The molecular formula is C12H21N3O. The lowest BCUT2D eigenvalue weighted by atomic mass is 10.1. The van der Waals surface area contributed by atoms with Gasteiger partial charge in [0, 0.05) is 24.8 Å². The molecular weight excluding hydrogens is 202 g/mol. The third-order valence-electron chi connectivity index (χ3n) is 2.48. The largest absolute Gasteiger partial charge is 0.476 e. The van der Waals surface area contributed by atoms with Crippen molar-refractivity contribution in [2.75, 3.05) is 34.3 Å². The molecule has 0 radical (unpaired) electrons. The molecule has 0 bridgehead atoms. The van der Waals surface area contributed by atoms with Gasteiger partial charge in [-0.2, -0.15) is 0 Å². The topological polar surface area (TPSA) is 37.4 Å². The molecule has 0 aromatic carbocycles. The van der Waals surface area contributed by atoms with Crippen molar-refractivity contribution < 1.29 is 4.74 Å². The van der Waals surface area contributed by atoms with Gasteiger partial charge in [-0.05, 0) is 33.6 Å². The van der Waals surface area contributed by atoms with Crippen LogP contribution in [0, 0.1) is 0 Å². The molecule has 1 heterocycles. The molecule has 1 N–H and O–H groups in total. The highest BCUT2D eigenvalue weighted by atomic mass is 16.5. The summed E-state index contributed by atoms with van der Waals surface area (Å²) >= 11 is 0. The van der Waals surface area contributed by atoms with Gasteiger partial charge in [0.05, 0.1) is 0 Å². The summed E-state index contributed by atoms with van der Waals surface area (Å²) < 4.78 is 5.51. The van der Waals surface area contributed by atoms with Crippen LogP contribution in [0.1, 0.15) is 18.5 Å². The van der Waals surface area contributed by atoms with Gasteiger partial charge in [0.15, 0.2) is 0 Å². The number of ether oxygens (including phenoxy) is 1. The van der Waals surface area contributed by atoms with E-state index in [4.69, 9.17) is 4.74 Å². The second kappa shape index (κ2) is 6.45. The fraction of sp³-hybridized carbons (Fsp3) is 0.583. The van der Waals surface area contributed by atoms with E-state index in [-0.39, 0.29) is 0 Å². The molecule has 4 heteroatoms. The van der Waals surface area contributed by atoms with Gasteiger partial charge in [-0.3, -0.25) is 0 Å². The highest BCUT2D eigenvalue weighted by Gasteiger charge is 2.03. The number of aromatic nitrogens is 1. The Balaban J connectivity index is 2.45. The first-order chi connectivity index (χ1) is 7.63. The van der Waals surface area contributed by atoms with Crippen LogP contribution >= 0.6 is 0 Å². The maximum absolute atomic E-state index is 5.51. The zero-order valence-electron chi connectivity index (χ0n) is 10.5. The Morgan fingerprint density at radius 3 is 2.69 bits per heavy atom. The van der Waals surface area contributed by atoms with Crippen molar-refractivity contribution in [2.24, 2.45) is 0 Å². The van der Waals surface area contributed by atoms with E-state index in [1.165, 1.54) is 5.56 Å². The Labute approximate surface area is 97.6 Å². The summed E-state index contributed by atoms with van der Waals surface area (Å²) in [7, 11) is 5.98. The van der Waals surface area contributed by atoms with Gasteiger partial charge in [-0.1, -0.05) is 6.07 Å². The average Bonchev–Trinajstić information content (AvgIpc) is 2.28. The van der Waals surface area contributed by atoms with Crippen LogP contribution in [-0.2, 0) is 0 Å². The van der Waals surface area contributed by atoms with E-state index in [9.17, 15) is 0 Å². The molecule has 0 saturated carbocycles. The summed E-state index contributed by atoms with van der Waals surface area (Å²) in [6.07, 6.45) is 1.85. The van der Waals surface area contributed by atoms with E-state index in [2.05, 4.69) is 22.1 Å². The van der Waals surface area contributed by atoms with Crippen LogP contribution < -0.4 is 10.1 Å². The van der Waals surface area contributed by atoms with Crippen LogP contribution in [0.25, 0.3) is 0 Å². The quantitative estimate of drug-likeness (QED) is 0.789. The zero-order chi connectivity index (χ0) is 12.0. The molecule has 0 aliphatic carbocycles. The standard InChI is InChI=1S/C12H21N3O/c1-10(13-2)11-5-6-12(14-9-11)16-8-7-15(3)4/h5-6,9-10,13H,7-8H2,1-4H3. The van der Waals surface area contributed by atoms with E-state index >= 15 is 0 Å². The van der Waals surface area contributed by atoms with Crippen molar-refractivity contribution >= 4 is 0 Å². The molecule has 4 nitrogen and oxygen atoms in total. The molecule has 1 unspecified atom stereocenters. The van der Waals surface area contributed by atoms with Crippen LogP contribution in [0.3, 0.4) is 0 Å². The normalized spacial score (nSPS) is 12.8. The fourth-order valence-electron chi connectivity index (χ4n) is 1.23. The fourth-order valence-corrected chi connectivity index (χ4v) is 1.23. The predicted molar refractivity (Wildman–Crippen MR) is 65.8 cm³/mol. The molecule has 0 saturated heterocycles. The molecule has 1 aromatic rings. The number of hydrogen-bond acceptors (Lipinski definition) is 4. The maximum Gasteiger partial charge on any atom is 0.213 e. The number of nitrogens with one attached hydrogen (secondary N) is 1. The Morgan fingerprint density at radius 1 is 1.44 bits per heavy atom. The monoisotopic (exact) mass is 223 g/mol. The van der Waals surface area contributed by atoms with E-state index in [1.54, 1.807) is 0 Å². The van der Waals surface area contributed by atoms with Crippen LogP contribution in [0.4, 0.5) is 0 Å². The van der Waals surface area contributed by atoms with Gasteiger partial charge in [0.1, 0.15) is 6.61 Å². The number of likely N-dealkylation sites (N-methyl/N-ethyl adjacent to an activating group) is 1. The minimum Gasteiger partial charge on any atom is -0.476 e. The van der Waals surface area contributed by atoms with Gasteiger partial charge in [0.25, 0.3) is 0 Å². The summed E-state index contributed by atoms with van der Waals surface area (Å²) in [5.41, 5.74) is 1.17. The van der Waals surface area contributed by atoms with Gasteiger partial charge >= 0.3 is 0 Å². The van der Waals surface area contributed by atoms with Crippen LogP contribution in [0.2, 0.25) is 0 Å². The Bertz CT molecular complexity index is 298. The summed E-state index contributed by atoms with van der Waals surface area (Å²) in [6, 6.07) is 4.28. The van der Waals surface area contributed by atoms with Gasteiger partial charge in [-0.15, -0.1) is 0 Å². The van der Waals surface area contributed by atoms with E-state index < -0.39 is 0 Å². The van der Waals surface area contributed by atoms with Gasteiger partial charge in [-0.25, -0.2) is 4.98 Å². The molecule has 1 atom stereocenters. The summed E-state index contributed by atoms with van der Waals surface area (Å²) in [5, 5.41) is 3.17.